The van der Waals surface area contributed by atoms with Crippen LogP contribution in [0.1, 0.15) is 16.0 Å². The second-order valence-corrected chi connectivity index (χ2v) is 7.14. The molecule has 1 aliphatic rings. The Morgan fingerprint density at radius 2 is 2.16 bits per heavy atom. The molecule has 0 radical (unpaired) electrons. The van der Waals surface area contributed by atoms with Crippen LogP contribution in [0.3, 0.4) is 0 Å². The van der Waals surface area contributed by atoms with E-state index < -0.39 is 0 Å². The van der Waals surface area contributed by atoms with Crippen LogP contribution in [0.2, 0.25) is 0 Å². The molecule has 0 bridgehead atoms. The summed E-state index contributed by atoms with van der Waals surface area (Å²) in [5, 5.41) is 10.9. The second-order valence-electron chi connectivity index (χ2n) is 6.00. The van der Waals surface area contributed by atoms with Gasteiger partial charge in [0.05, 0.1) is 12.1 Å². The minimum absolute atomic E-state index is 0.603. The van der Waals surface area contributed by atoms with Gasteiger partial charge in [0.2, 0.25) is 0 Å². The average molecular weight is 347 g/mol. The van der Waals surface area contributed by atoms with E-state index in [2.05, 4.69) is 20.9 Å². The van der Waals surface area contributed by atoms with Crippen molar-refractivity contribution in [2.75, 3.05) is 17.2 Å². The lowest BCUT2D eigenvalue weighted by Crippen LogP contribution is -2.30. The molecule has 7 heteroatoms. The summed E-state index contributed by atoms with van der Waals surface area (Å²) in [7, 11) is 0. The minimum atomic E-state index is 0.603. The standard InChI is InChI=1S/C18H13N5OS/c19-7-12-10-5-6-23(8-14(10)25-17(12)20)18-16-15(21-9-22-18)11-3-1-2-4-13(11)24-16/h1-4,9H,5-6,8,20H2. The zero-order chi connectivity index (χ0) is 17.0. The normalized spacial score (nSPS) is 14.0. The number of rotatable bonds is 1. The number of nitrogens with two attached hydrogens (primary N) is 1. The highest BCUT2D eigenvalue weighted by molar-refractivity contribution is 7.16. The average Bonchev–Trinajstić information content (AvgIpc) is 3.17. The van der Waals surface area contributed by atoms with Gasteiger partial charge in [-0.1, -0.05) is 12.1 Å². The van der Waals surface area contributed by atoms with Crippen molar-refractivity contribution in [3.05, 3.63) is 46.6 Å². The summed E-state index contributed by atoms with van der Waals surface area (Å²) in [4.78, 5) is 12.2. The van der Waals surface area contributed by atoms with Crippen LogP contribution in [0.15, 0.2) is 35.0 Å². The van der Waals surface area contributed by atoms with Crippen LogP contribution in [0.5, 0.6) is 0 Å². The zero-order valence-electron chi connectivity index (χ0n) is 13.2. The molecule has 6 nitrogen and oxygen atoms in total. The lowest BCUT2D eigenvalue weighted by molar-refractivity contribution is 0.653. The van der Waals surface area contributed by atoms with Crippen molar-refractivity contribution in [2.24, 2.45) is 0 Å². The number of hydrogen-bond acceptors (Lipinski definition) is 7. The third-order valence-electron chi connectivity index (χ3n) is 4.63. The van der Waals surface area contributed by atoms with Gasteiger partial charge in [-0.15, -0.1) is 11.3 Å². The van der Waals surface area contributed by atoms with Crippen LogP contribution in [0.25, 0.3) is 22.1 Å². The fourth-order valence-electron chi connectivity index (χ4n) is 3.46. The first kappa shape index (κ1) is 14.3. The first-order valence-electron chi connectivity index (χ1n) is 7.93. The van der Waals surface area contributed by atoms with Crippen LogP contribution in [0.4, 0.5) is 10.8 Å². The van der Waals surface area contributed by atoms with Gasteiger partial charge in [-0.3, -0.25) is 0 Å². The first-order chi connectivity index (χ1) is 12.3. The Morgan fingerprint density at radius 1 is 1.28 bits per heavy atom. The Labute approximate surface area is 147 Å². The van der Waals surface area contributed by atoms with Gasteiger partial charge in [0.15, 0.2) is 11.4 Å². The molecule has 0 saturated carbocycles. The van der Waals surface area contributed by atoms with Crippen LogP contribution in [-0.4, -0.2) is 16.5 Å². The van der Waals surface area contributed by atoms with Gasteiger partial charge in [0, 0.05) is 16.8 Å². The molecule has 122 valence electrons. The highest BCUT2D eigenvalue weighted by atomic mass is 32.1. The minimum Gasteiger partial charge on any atom is -0.450 e. The maximum absolute atomic E-state index is 9.30. The molecule has 0 atom stereocenters. The van der Waals surface area contributed by atoms with Gasteiger partial charge in [0.1, 0.15) is 28.5 Å². The molecule has 3 aromatic heterocycles. The third kappa shape index (κ3) is 2.01. The van der Waals surface area contributed by atoms with Crippen LogP contribution < -0.4 is 10.6 Å². The Kier molecular flexibility index (Phi) is 2.96. The number of furan rings is 1. The number of nitrogen functional groups attached to an aromatic ring is 1. The predicted molar refractivity (Wildman–Crippen MR) is 97.5 cm³/mol. The summed E-state index contributed by atoms with van der Waals surface area (Å²) in [6, 6.07) is 10.1. The number of para-hydroxylation sites is 1. The Hall–Kier alpha value is -3.11. The molecule has 4 aromatic rings. The van der Waals surface area contributed by atoms with E-state index in [-0.39, 0.29) is 0 Å². The fraction of sp³-hybridized carbons (Fsp3) is 0.167. The highest BCUT2D eigenvalue weighted by Gasteiger charge is 2.26. The molecule has 0 aliphatic carbocycles. The maximum atomic E-state index is 9.30. The Bertz CT molecular complexity index is 1170. The lowest BCUT2D eigenvalue weighted by Gasteiger charge is -2.27. The summed E-state index contributed by atoms with van der Waals surface area (Å²) in [5.41, 5.74) is 10.0. The fourth-order valence-corrected chi connectivity index (χ4v) is 4.55. The molecule has 5 rings (SSSR count). The van der Waals surface area contributed by atoms with Crippen LogP contribution in [-0.2, 0) is 13.0 Å². The molecule has 0 spiro atoms. The number of thiophene rings is 1. The number of nitriles is 1. The molecule has 0 saturated heterocycles. The molecule has 0 amide bonds. The molecule has 1 aromatic carbocycles. The van der Waals surface area contributed by atoms with Gasteiger partial charge < -0.3 is 15.1 Å². The monoisotopic (exact) mass is 347 g/mol. The molecule has 1 aliphatic heterocycles. The van der Waals surface area contributed by atoms with Gasteiger partial charge in [0.25, 0.3) is 0 Å². The van der Waals surface area contributed by atoms with E-state index in [4.69, 9.17) is 10.2 Å². The van der Waals surface area contributed by atoms with Crippen molar-refractivity contribution in [3.8, 4) is 6.07 Å². The van der Waals surface area contributed by atoms with Crippen molar-refractivity contribution in [3.63, 3.8) is 0 Å². The third-order valence-corrected chi connectivity index (χ3v) is 5.68. The van der Waals surface area contributed by atoms with E-state index in [1.165, 1.54) is 11.3 Å². The van der Waals surface area contributed by atoms with E-state index in [1.54, 1.807) is 6.33 Å². The lowest BCUT2D eigenvalue weighted by atomic mass is 10.0. The Morgan fingerprint density at radius 3 is 3.04 bits per heavy atom. The van der Waals surface area contributed by atoms with E-state index in [1.807, 2.05) is 24.3 Å². The number of fused-ring (bicyclic) bond motifs is 4. The van der Waals surface area contributed by atoms with Crippen molar-refractivity contribution in [2.45, 2.75) is 13.0 Å². The summed E-state index contributed by atoms with van der Waals surface area (Å²) in [6.07, 6.45) is 2.36. The van der Waals surface area contributed by atoms with Crippen molar-refractivity contribution >= 4 is 44.2 Å². The van der Waals surface area contributed by atoms with Crippen LogP contribution >= 0.6 is 11.3 Å². The van der Waals surface area contributed by atoms with Crippen molar-refractivity contribution in [1.29, 1.82) is 5.26 Å². The highest BCUT2D eigenvalue weighted by Crippen LogP contribution is 2.38. The number of nitrogens with zero attached hydrogens (tertiary/aromatic N) is 4. The molecular weight excluding hydrogens is 334 g/mol. The zero-order valence-corrected chi connectivity index (χ0v) is 14.0. The van der Waals surface area contributed by atoms with Crippen molar-refractivity contribution < 1.29 is 4.42 Å². The predicted octanol–water partition coefficient (Wildman–Crippen LogP) is 3.45. The summed E-state index contributed by atoms with van der Waals surface area (Å²) >= 11 is 1.49. The Balaban J connectivity index is 1.63. The topological polar surface area (TPSA) is 92.0 Å². The number of anilines is 2. The number of hydrogen-bond donors (Lipinski definition) is 1. The molecule has 2 N–H and O–H groups in total. The summed E-state index contributed by atoms with van der Waals surface area (Å²) in [6.45, 7) is 1.44. The largest absolute Gasteiger partial charge is 0.450 e. The molecule has 0 unspecified atom stereocenters. The smallest absolute Gasteiger partial charge is 0.196 e. The molecular formula is C18H13N5OS. The van der Waals surface area contributed by atoms with E-state index in [0.29, 0.717) is 22.7 Å². The molecule has 4 heterocycles. The second kappa shape index (κ2) is 5.19. The maximum Gasteiger partial charge on any atom is 0.196 e. The quantitative estimate of drug-likeness (QED) is 0.567. The van der Waals surface area contributed by atoms with Crippen LogP contribution in [0, 0.1) is 11.3 Å². The SMILES string of the molecule is N#Cc1c(N)sc2c1CCN(c1ncnc3c1oc1ccccc13)C2. The summed E-state index contributed by atoms with van der Waals surface area (Å²) in [5.74, 6) is 0.789. The van der Waals surface area contributed by atoms with E-state index >= 15 is 0 Å². The van der Waals surface area contributed by atoms with Crippen molar-refractivity contribution in [1.82, 2.24) is 9.97 Å². The van der Waals surface area contributed by atoms with Gasteiger partial charge in [-0.05, 0) is 24.1 Å². The van der Waals surface area contributed by atoms with Gasteiger partial charge in [-0.2, -0.15) is 5.26 Å². The van der Waals surface area contributed by atoms with Gasteiger partial charge in [-0.25, -0.2) is 9.97 Å². The van der Waals surface area contributed by atoms with Gasteiger partial charge >= 0.3 is 0 Å². The molecule has 25 heavy (non-hydrogen) atoms. The summed E-state index contributed by atoms with van der Waals surface area (Å²) < 4.78 is 6.03. The molecule has 0 fully saturated rings. The van der Waals surface area contributed by atoms with E-state index in [9.17, 15) is 5.26 Å². The number of benzene rings is 1. The van der Waals surface area contributed by atoms with E-state index in [0.717, 1.165) is 45.7 Å². The number of aromatic nitrogens is 2. The first-order valence-corrected chi connectivity index (χ1v) is 8.75.